The Balaban J connectivity index is 1.53. The van der Waals surface area contributed by atoms with Crippen LogP contribution in [0.3, 0.4) is 0 Å². The van der Waals surface area contributed by atoms with E-state index in [1.165, 1.54) is 0 Å². The second kappa shape index (κ2) is 10.8. The van der Waals surface area contributed by atoms with E-state index in [-0.39, 0.29) is 18.2 Å². The zero-order chi connectivity index (χ0) is 18.6. The standard InChI is InChI=1S/C20H24N2O4/c1-25-17-7-9-18(10-8-17)26-14-13-22-19(23)11-12-21-20(24)15-16-5-3-2-4-6-16/h2-10H,11-15H2,1H3,(H,21,24)(H,22,23). The van der Waals surface area contributed by atoms with Gasteiger partial charge in [0.05, 0.1) is 20.1 Å². The van der Waals surface area contributed by atoms with E-state index in [1.807, 2.05) is 54.6 Å². The van der Waals surface area contributed by atoms with Crippen LogP contribution in [-0.2, 0) is 16.0 Å². The number of ether oxygens (including phenoxy) is 2. The number of carbonyl (C=O) groups is 2. The molecule has 0 radical (unpaired) electrons. The maximum atomic E-state index is 11.8. The number of rotatable bonds is 10. The first-order chi connectivity index (χ1) is 12.7. The number of hydrogen-bond donors (Lipinski definition) is 2. The molecule has 0 saturated heterocycles. The highest BCUT2D eigenvalue weighted by Gasteiger charge is 2.05. The van der Waals surface area contributed by atoms with Gasteiger partial charge in [0.15, 0.2) is 0 Å². The van der Waals surface area contributed by atoms with Crippen LogP contribution in [0, 0.1) is 0 Å². The predicted octanol–water partition coefficient (Wildman–Crippen LogP) is 1.94. The largest absolute Gasteiger partial charge is 0.497 e. The number of methoxy groups -OCH3 is 1. The van der Waals surface area contributed by atoms with Crippen LogP contribution in [0.4, 0.5) is 0 Å². The summed E-state index contributed by atoms with van der Waals surface area (Å²) in [6.07, 6.45) is 0.557. The molecule has 0 bridgehead atoms. The van der Waals surface area contributed by atoms with E-state index < -0.39 is 0 Å². The molecule has 6 nitrogen and oxygen atoms in total. The number of nitrogens with one attached hydrogen (secondary N) is 2. The van der Waals surface area contributed by atoms with Crippen LogP contribution in [0.5, 0.6) is 11.5 Å². The third kappa shape index (κ3) is 7.25. The quantitative estimate of drug-likeness (QED) is 0.638. The summed E-state index contributed by atoms with van der Waals surface area (Å²) in [4.78, 5) is 23.5. The van der Waals surface area contributed by atoms with E-state index in [0.717, 1.165) is 11.3 Å². The maximum absolute atomic E-state index is 11.8. The number of amides is 2. The van der Waals surface area contributed by atoms with Gasteiger partial charge in [-0.1, -0.05) is 30.3 Å². The van der Waals surface area contributed by atoms with Crippen LogP contribution in [-0.4, -0.2) is 38.6 Å². The Labute approximate surface area is 153 Å². The molecule has 0 fully saturated rings. The third-order valence-electron chi connectivity index (χ3n) is 3.63. The van der Waals surface area contributed by atoms with Gasteiger partial charge >= 0.3 is 0 Å². The van der Waals surface area contributed by atoms with Gasteiger partial charge in [0.25, 0.3) is 0 Å². The zero-order valence-electron chi connectivity index (χ0n) is 14.9. The van der Waals surface area contributed by atoms with Crippen LogP contribution < -0.4 is 20.1 Å². The fourth-order valence-electron chi connectivity index (χ4n) is 2.28. The minimum Gasteiger partial charge on any atom is -0.497 e. The van der Waals surface area contributed by atoms with Gasteiger partial charge in [-0.05, 0) is 29.8 Å². The second-order valence-corrected chi connectivity index (χ2v) is 5.64. The van der Waals surface area contributed by atoms with Gasteiger partial charge in [0, 0.05) is 13.0 Å². The van der Waals surface area contributed by atoms with Gasteiger partial charge in [-0.25, -0.2) is 0 Å². The first kappa shape index (κ1) is 19.3. The van der Waals surface area contributed by atoms with Crippen molar-refractivity contribution in [1.29, 1.82) is 0 Å². The minimum atomic E-state index is -0.122. The molecule has 0 saturated carbocycles. The predicted molar refractivity (Wildman–Crippen MR) is 99.3 cm³/mol. The molecule has 26 heavy (non-hydrogen) atoms. The van der Waals surface area contributed by atoms with Crippen molar-refractivity contribution < 1.29 is 19.1 Å². The van der Waals surface area contributed by atoms with Crippen molar-refractivity contribution in [2.45, 2.75) is 12.8 Å². The van der Waals surface area contributed by atoms with E-state index in [2.05, 4.69) is 10.6 Å². The normalized spacial score (nSPS) is 10.0. The van der Waals surface area contributed by atoms with Crippen molar-refractivity contribution in [2.24, 2.45) is 0 Å². The fraction of sp³-hybridized carbons (Fsp3) is 0.300. The zero-order valence-corrected chi connectivity index (χ0v) is 14.9. The van der Waals surface area contributed by atoms with Crippen molar-refractivity contribution in [3.05, 3.63) is 60.2 Å². The molecule has 0 aromatic heterocycles. The SMILES string of the molecule is COc1ccc(OCCNC(=O)CCNC(=O)Cc2ccccc2)cc1. The highest BCUT2D eigenvalue weighted by atomic mass is 16.5. The van der Waals surface area contributed by atoms with E-state index in [0.29, 0.717) is 31.9 Å². The fourth-order valence-corrected chi connectivity index (χ4v) is 2.28. The third-order valence-corrected chi connectivity index (χ3v) is 3.63. The van der Waals surface area contributed by atoms with Gasteiger partial charge in [-0.15, -0.1) is 0 Å². The van der Waals surface area contributed by atoms with Crippen molar-refractivity contribution in [3.63, 3.8) is 0 Å². The van der Waals surface area contributed by atoms with Gasteiger partial charge < -0.3 is 20.1 Å². The van der Waals surface area contributed by atoms with Crippen LogP contribution in [0.2, 0.25) is 0 Å². The Hall–Kier alpha value is -3.02. The maximum Gasteiger partial charge on any atom is 0.224 e. The average molecular weight is 356 g/mol. The van der Waals surface area contributed by atoms with Crippen molar-refractivity contribution in [2.75, 3.05) is 26.8 Å². The molecule has 2 aromatic rings. The summed E-state index contributed by atoms with van der Waals surface area (Å²) in [5, 5.41) is 5.51. The van der Waals surface area contributed by atoms with E-state index in [9.17, 15) is 9.59 Å². The summed E-state index contributed by atoms with van der Waals surface area (Å²) >= 11 is 0. The summed E-state index contributed by atoms with van der Waals surface area (Å²) in [7, 11) is 1.61. The Morgan fingerprint density at radius 2 is 1.50 bits per heavy atom. The summed E-state index contributed by atoms with van der Waals surface area (Å²) in [5.41, 5.74) is 0.949. The molecule has 2 rings (SSSR count). The van der Waals surface area contributed by atoms with Gasteiger partial charge in [-0.2, -0.15) is 0 Å². The molecule has 0 aliphatic heterocycles. The molecule has 0 spiro atoms. The minimum absolute atomic E-state index is 0.0909. The Morgan fingerprint density at radius 3 is 2.19 bits per heavy atom. The molecule has 0 heterocycles. The smallest absolute Gasteiger partial charge is 0.224 e. The summed E-state index contributed by atoms with van der Waals surface area (Å²) in [5.74, 6) is 1.27. The van der Waals surface area contributed by atoms with Gasteiger partial charge in [0.2, 0.25) is 11.8 Å². The second-order valence-electron chi connectivity index (χ2n) is 5.64. The van der Waals surface area contributed by atoms with Crippen molar-refractivity contribution in [1.82, 2.24) is 10.6 Å². The molecular weight excluding hydrogens is 332 g/mol. The molecule has 0 unspecified atom stereocenters. The molecule has 0 aliphatic rings. The Morgan fingerprint density at radius 1 is 0.846 bits per heavy atom. The molecule has 6 heteroatoms. The number of benzene rings is 2. The summed E-state index contributed by atoms with van der Waals surface area (Å²) < 4.78 is 10.6. The lowest BCUT2D eigenvalue weighted by Crippen LogP contribution is -2.33. The van der Waals surface area contributed by atoms with Gasteiger partial charge in [-0.3, -0.25) is 9.59 Å². The summed E-state index contributed by atoms with van der Waals surface area (Å²) in [6.45, 7) is 1.10. The van der Waals surface area contributed by atoms with Crippen LogP contribution in [0.15, 0.2) is 54.6 Å². The molecule has 2 amide bonds. The van der Waals surface area contributed by atoms with E-state index in [1.54, 1.807) is 7.11 Å². The average Bonchev–Trinajstić information content (AvgIpc) is 2.66. The van der Waals surface area contributed by atoms with E-state index in [4.69, 9.17) is 9.47 Å². The highest BCUT2D eigenvalue weighted by Crippen LogP contribution is 2.16. The lowest BCUT2D eigenvalue weighted by atomic mass is 10.1. The lowest BCUT2D eigenvalue weighted by molar-refractivity contribution is -0.122. The highest BCUT2D eigenvalue weighted by molar-refractivity contribution is 5.80. The number of hydrogen-bond acceptors (Lipinski definition) is 4. The number of carbonyl (C=O) groups excluding carboxylic acids is 2. The topological polar surface area (TPSA) is 76.7 Å². The lowest BCUT2D eigenvalue weighted by Gasteiger charge is -2.09. The Kier molecular flexibility index (Phi) is 7.99. The molecule has 2 aromatic carbocycles. The van der Waals surface area contributed by atoms with Crippen LogP contribution in [0.25, 0.3) is 0 Å². The van der Waals surface area contributed by atoms with Gasteiger partial charge in [0.1, 0.15) is 18.1 Å². The molecule has 138 valence electrons. The molecular formula is C20H24N2O4. The van der Waals surface area contributed by atoms with Crippen molar-refractivity contribution in [3.8, 4) is 11.5 Å². The first-order valence-corrected chi connectivity index (χ1v) is 8.51. The van der Waals surface area contributed by atoms with E-state index >= 15 is 0 Å². The molecule has 0 aliphatic carbocycles. The Bertz CT molecular complexity index is 687. The first-order valence-electron chi connectivity index (χ1n) is 8.51. The van der Waals surface area contributed by atoms with Crippen LogP contribution in [0.1, 0.15) is 12.0 Å². The van der Waals surface area contributed by atoms with Crippen LogP contribution >= 0.6 is 0 Å². The molecule has 2 N–H and O–H groups in total. The summed E-state index contributed by atoms with van der Waals surface area (Å²) in [6, 6.07) is 16.7. The molecule has 0 atom stereocenters. The monoisotopic (exact) mass is 356 g/mol. The van der Waals surface area contributed by atoms with Crippen molar-refractivity contribution >= 4 is 11.8 Å².